The summed E-state index contributed by atoms with van der Waals surface area (Å²) < 4.78 is 0. The predicted molar refractivity (Wildman–Crippen MR) is 20.6 cm³/mol. The summed E-state index contributed by atoms with van der Waals surface area (Å²) in [5, 5.41) is 0. The van der Waals surface area contributed by atoms with Gasteiger partial charge in [0.1, 0.15) is 0 Å². The van der Waals surface area contributed by atoms with Crippen LogP contribution >= 0.6 is 6.61 Å². The Kier molecular flexibility index (Phi) is 118. The molecule has 0 saturated carbocycles. The Morgan fingerprint density at radius 1 is 1.00 bits per heavy atom. The minimum atomic E-state index is 0. The van der Waals surface area contributed by atoms with E-state index in [1.165, 1.54) is 0 Å². The first-order chi connectivity index (χ1) is 1.00. The fourth-order valence-electron chi connectivity index (χ4n) is 0. The average Bonchev–Trinajstić information content (AvgIpc) is 1.00. The van der Waals surface area contributed by atoms with Gasteiger partial charge in [0.05, 0.1) is 0 Å². The Bertz CT molecular complexity index is 6.00. The molecule has 0 aromatic heterocycles. The van der Waals surface area contributed by atoms with Crippen LogP contribution in [0.1, 0.15) is 0 Å². The van der Waals surface area contributed by atoms with Gasteiger partial charge in [-0.25, -0.2) is 0 Å². The molecule has 0 unspecified atom stereocenters. The summed E-state index contributed by atoms with van der Waals surface area (Å²) in [7, 11) is 0. The minimum absolute atomic E-state index is 0. The van der Waals surface area contributed by atoms with E-state index in [1.54, 1.807) is 0 Å². The molecule has 0 spiro atoms. The van der Waals surface area contributed by atoms with Crippen molar-refractivity contribution in [2.75, 3.05) is 0 Å². The Hall–Kier alpha value is 1.40. The van der Waals surface area contributed by atoms with Gasteiger partial charge >= 0.3 is 39.9 Å². The molecule has 0 aliphatic carbocycles. The van der Waals surface area contributed by atoms with Crippen LogP contribution in [0.15, 0.2) is 0 Å². The maximum absolute atomic E-state index is 4.21. The predicted octanol–water partition coefficient (Wildman–Crippen LogP) is -1.38. The van der Waals surface area contributed by atoms with Gasteiger partial charge in [0, 0.05) is 0 Å². The molecule has 4 heteroatoms. The first-order valence-electron chi connectivity index (χ1n) is 0.289. The zero-order valence-electron chi connectivity index (χ0n) is 2.12. The van der Waals surface area contributed by atoms with Gasteiger partial charge in [0.25, 0.3) is 0 Å². The van der Waals surface area contributed by atoms with Gasteiger partial charge in [-0.05, 0) is 0 Å². The molecule has 0 radical (unpaired) electrons. The van der Waals surface area contributed by atoms with Crippen LogP contribution in [0.3, 0.4) is 0 Å². The van der Waals surface area contributed by atoms with Crippen molar-refractivity contribution < 1.29 is 11.0 Å². The van der Waals surface area contributed by atoms with Crippen LogP contribution < -0.4 is 0 Å². The summed E-state index contributed by atoms with van der Waals surface area (Å²) >= 11 is 0.958. The van der Waals surface area contributed by atoms with Crippen molar-refractivity contribution in [2.45, 2.75) is 0 Å². The second-order valence-corrected chi connectivity index (χ2v) is 0. The molecule has 0 rings (SSSR count). The maximum atomic E-state index is 4.21. The third-order valence-electron chi connectivity index (χ3n) is 0. The van der Waals surface area contributed by atoms with E-state index in [4.69, 9.17) is 0 Å². The molecule has 4 N–H and O–H groups in total. The standard InChI is InChI=1S/Ca.2H2O.S/h;2*1H2;. The summed E-state index contributed by atoms with van der Waals surface area (Å²) in [6.07, 6.45) is 0. The molecule has 0 heterocycles. The second-order valence-electron chi connectivity index (χ2n) is 0. The molecule has 0 aromatic rings. The van der Waals surface area contributed by atoms with Crippen LogP contribution in [-0.2, 0) is 0 Å². The Morgan fingerprint density at radius 2 is 1.00 bits per heavy atom. The zero-order chi connectivity index (χ0) is 2.00. The van der Waals surface area contributed by atoms with E-state index in [-0.39, 0.29) is 11.0 Å². The number of hydrogen-bond acceptors (Lipinski definition) is 1. The van der Waals surface area contributed by atoms with Crippen molar-refractivity contribution in [3.05, 3.63) is 0 Å². The van der Waals surface area contributed by atoms with Crippen molar-refractivity contribution in [1.29, 1.82) is 0 Å². The van der Waals surface area contributed by atoms with Gasteiger partial charge in [0.2, 0.25) is 0 Å². The molecule has 0 saturated heterocycles. The van der Waals surface area contributed by atoms with E-state index in [1.807, 2.05) is 0 Å². The van der Waals surface area contributed by atoms with Gasteiger partial charge < -0.3 is 11.0 Å². The van der Waals surface area contributed by atoms with Gasteiger partial charge in [-0.2, -0.15) is 0 Å². The first-order valence-corrected chi connectivity index (χ1v) is 3.57. The molecule has 0 aliphatic heterocycles. The Balaban J connectivity index is -0.00000000500. The molecule has 4 heavy (non-hydrogen) atoms. The Labute approximate surface area is 50.3 Å². The van der Waals surface area contributed by atoms with Crippen molar-refractivity contribution in [1.82, 2.24) is 0 Å². The molecule has 24 valence electrons. The second kappa shape index (κ2) is 26.0. The summed E-state index contributed by atoms with van der Waals surface area (Å²) in [5.74, 6) is 0. The van der Waals surface area contributed by atoms with Gasteiger partial charge in [-0.1, -0.05) is 0 Å². The molecule has 0 aromatic carbocycles. The van der Waals surface area contributed by atoms with E-state index < -0.39 is 0 Å². The third-order valence-corrected chi connectivity index (χ3v) is 0. The van der Waals surface area contributed by atoms with Crippen molar-refractivity contribution in [3.8, 4) is 0 Å². The topological polar surface area (TPSA) is 63.0 Å². The number of hydrogen-bond donors (Lipinski definition) is 0. The molecule has 0 amide bonds. The van der Waals surface area contributed by atoms with Crippen LogP contribution in [-0.4, -0.2) is 44.3 Å². The molecule has 0 bridgehead atoms. The van der Waals surface area contributed by atoms with Crippen LogP contribution in [0.4, 0.5) is 0 Å². The molecule has 0 atom stereocenters. The van der Waals surface area contributed by atoms with E-state index in [9.17, 15) is 0 Å². The summed E-state index contributed by atoms with van der Waals surface area (Å²) in [6.45, 7) is 4.21. The number of rotatable bonds is 0. The summed E-state index contributed by atoms with van der Waals surface area (Å²) in [6, 6.07) is 0. The van der Waals surface area contributed by atoms with E-state index >= 15 is 0 Å². The summed E-state index contributed by atoms with van der Waals surface area (Å²) in [4.78, 5) is 0. The van der Waals surface area contributed by atoms with Crippen LogP contribution in [0.25, 0.3) is 0 Å². The fourth-order valence-corrected chi connectivity index (χ4v) is 0. The van der Waals surface area contributed by atoms with Gasteiger partial charge in [-0.3, -0.25) is 0 Å². The first kappa shape index (κ1) is 18.2. The quantitative estimate of drug-likeness (QED) is 0.353. The van der Waals surface area contributed by atoms with E-state index in [0.29, 0.717) is 0 Å². The normalized spacial score (nSPS) is 1.50. The zero-order valence-corrected chi connectivity index (χ0v) is 5.14. The average molecular weight is 108 g/mol. The van der Waals surface area contributed by atoms with E-state index in [2.05, 4.69) is 6.61 Å². The molecular formula is H4CaO2S. The van der Waals surface area contributed by atoms with Crippen LogP contribution in [0.5, 0.6) is 0 Å². The monoisotopic (exact) mass is 108 g/mol. The van der Waals surface area contributed by atoms with Crippen molar-refractivity contribution >= 4 is 39.9 Å². The third kappa shape index (κ3) is 9.99. The van der Waals surface area contributed by atoms with Crippen LogP contribution in [0.2, 0.25) is 0 Å². The molecule has 0 aliphatic rings. The SMILES string of the molecule is O.O.[S]=[Ca]. The molecule has 0 fully saturated rings. The van der Waals surface area contributed by atoms with Crippen molar-refractivity contribution in [2.24, 2.45) is 0 Å². The van der Waals surface area contributed by atoms with E-state index in [0.717, 1.165) is 33.3 Å². The van der Waals surface area contributed by atoms with Crippen LogP contribution in [0, 0.1) is 0 Å². The molecular weight excluding hydrogens is 104 g/mol. The molecule has 2 nitrogen and oxygen atoms in total. The Morgan fingerprint density at radius 3 is 1.00 bits per heavy atom. The van der Waals surface area contributed by atoms with Gasteiger partial charge in [0.15, 0.2) is 0 Å². The van der Waals surface area contributed by atoms with Gasteiger partial charge in [-0.15, -0.1) is 0 Å². The van der Waals surface area contributed by atoms with Crippen molar-refractivity contribution in [3.63, 3.8) is 0 Å². The summed E-state index contributed by atoms with van der Waals surface area (Å²) in [5.41, 5.74) is 0. The fraction of sp³-hybridized carbons (Fsp3) is 0.